The van der Waals surface area contributed by atoms with Gasteiger partial charge < -0.3 is 9.15 Å². The number of aliphatic imine (C=N–C) groups is 1. The van der Waals surface area contributed by atoms with Gasteiger partial charge in [0.1, 0.15) is 5.65 Å². The molecule has 0 unspecified atom stereocenters. The summed E-state index contributed by atoms with van der Waals surface area (Å²) in [6.07, 6.45) is 4.51. The molecule has 0 radical (unpaired) electrons. The van der Waals surface area contributed by atoms with Crippen LogP contribution in [0.3, 0.4) is 0 Å². The highest BCUT2D eigenvalue weighted by molar-refractivity contribution is 5.90. The molecule has 0 atom stereocenters. The van der Waals surface area contributed by atoms with Gasteiger partial charge in [-0.25, -0.2) is 9.98 Å². The van der Waals surface area contributed by atoms with Crippen molar-refractivity contribution in [2.24, 2.45) is 4.99 Å². The van der Waals surface area contributed by atoms with Crippen LogP contribution in [-0.4, -0.2) is 32.6 Å². The smallest absolute Gasteiger partial charge is 0.318 e. The van der Waals surface area contributed by atoms with Gasteiger partial charge in [-0.3, -0.25) is 24.6 Å². The minimum atomic E-state index is -0.744. The largest absolute Gasteiger partial charge is 0.490 e. The summed E-state index contributed by atoms with van der Waals surface area (Å²) >= 11 is 0. The minimum absolute atomic E-state index is 0.0784. The van der Waals surface area contributed by atoms with Crippen molar-refractivity contribution in [3.05, 3.63) is 80.7 Å². The predicted molar refractivity (Wildman–Crippen MR) is 106 cm³/mol. The van der Waals surface area contributed by atoms with E-state index in [2.05, 4.69) is 9.98 Å². The molecule has 11 nitrogen and oxygen atoms in total. The van der Waals surface area contributed by atoms with Crippen LogP contribution in [0.25, 0.3) is 17.1 Å². The van der Waals surface area contributed by atoms with Crippen molar-refractivity contribution >= 4 is 29.1 Å². The van der Waals surface area contributed by atoms with Crippen LogP contribution >= 0.6 is 0 Å². The van der Waals surface area contributed by atoms with E-state index < -0.39 is 21.2 Å². The van der Waals surface area contributed by atoms with Crippen LogP contribution in [-0.2, 0) is 0 Å². The number of imidazole rings is 1. The topological polar surface area (TPSA) is 138 Å². The summed E-state index contributed by atoms with van der Waals surface area (Å²) in [5, 5.41) is 22.6. The Kier molecular flexibility index (Phi) is 4.68. The highest BCUT2D eigenvalue weighted by atomic mass is 16.6. The van der Waals surface area contributed by atoms with Gasteiger partial charge in [-0.05, 0) is 24.3 Å². The van der Waals surface area contributed by atoms with Crippen molar-refractivity contribution < 1.29 is 19.0 Å². The van der Waals surface area contributed by atoms with E-state index in [1.165, 1.54) is 19.6 Å². The summed E-state index contributed by atoms with van der Waals surface area (Å²) in [6.45, 7) is 0. The molecule has 0 saturated heterocycles. The third-order valence-corrected chi connectivity index (χ3v) is 4.28. The van der Waals surface area contributed by atoms with Crippen LogP contribution in [0.1, 0.15) is 5.56 Å². The van der Waals surface area contributed by atoms with Crippen molar-refractivity contribution in [3.8, 4) is 17.2 Å². The van der Waals surface area contributed by atoms with E-state index in [4.69, 9.17) is 9.15 Å². The Morgan fingerprint density at radius 3 is 2.67 bits per heavy atom. The Morgan fingerprint density at radius 2 is 2.00 bits per heavy atom. The Bertz CT molecular complexity index is 1290. The number of furan rings is 1. The summed E-state index contributed by atoms with van der Waals surface area (Å²) < 4.78 is 12.3. The lowest BCUT2D eigenvalue weighted by atomic mass is 10.1. The first kappa shape index (κ1) is 18.8. The Hall–Kier alpha value is -4.54. The molecule has 3 aromatic heterocycles. The third-order valence-electron chi connectivity index (χ3n) is 4.28. The molecule has 30 heavy (non-hydrogen) atoms. The van der Waals surface area contributed by atoms with Crippen molar-refractivity contribution in [2.45, 2.75) is 0 Å². The fourth-order valence-corrected chi connectivity index (χ4v) is 2.99. The first-order valence-corrected chi connectivity index (χ1v) is 8.55. The number of aromatic nitrogens is 2. The van der Waals surface area contributed by atoms with Gasteiger partial charge in [-0.15, -0.1) is 0 Å². The van der Waals surface area contributed by atoms with Crippen LogP contribution in [0, 0.1) is 20.2 Å². The molecule has 0 aliphatic heterocycles. The number of nitrogens with zero attached hydrogens (tertiary/aromatic N) is 5. The number of hydrogen-bond acceptors (Lipinski definition) is 8. The predicted octanol–water partition coefficient (Wildman–Crippen LogP) is 4.17. The van der Waals surface area contributed by atoms with Crippen LogP contribution in [0.5, 0.6) is 5.75 Å². The van der Waals surface area contributed by atoms with Gasteiger partial charge in [-0.2, -0.15) is 0 Å². The van der Waals surface area contributed by atoms with E-state index in [-0.39, 0.29) is 11.3 Å². The Morgan fingerprint density at radius 1 is 1.17 bits per heavy atom. The summed E-state index contributed by atoms with van der Waals surface area (Å²) in [4.78, 5) is 30.0. The van der Waals surface area contributed by atoms with E-state index in [1.54, 1.807) is 34.9 Å². The van der Waals surface area contributed by atoms with E-state index in [9.17, 15) is 20.2 Å². The van der Waals surface area contributed by atoms with Crippen molar-refractivity contribution in [1.29, 1.82) is 0 Å². The van der Waals surface area contributed by atoms with Gasteiger partial charge in [0.15, 0.2) is 17.3 Å². The standard InChI is InChI=1S/C19H13N5O6/c1-29-18-12(9-13(23(25)26)10-14(18)24(27)28)11-20-19-17(15-5-4-8-30-15)21-16-6-2-3-7-22(16)19/h2-11H,1H3. The lowest BCUT2D eigenvalue weighted by molar-refractivity contribution is -0.394. The van der Waals surface area contributed by atoms with Gasteiger partial charge >= 0.3 is 5.69 Å². The molecule has 0 aliphatic carbocycles. The molecule has 0 fully saturated rings. The average Bonchev–Trinajstić information content (AvgIpc) is 3.39. The zero-order valence-electron chi connectivity index (χ0n) is 15.5. The first-order chi connectivity index (χ1) is 14.5. The van der Waals surface area contributed by atoms with Gasteiger partial charge in [0.05, 0.1) is 29.3 Å². The number of hydrogen-bond donors (Lipinski definition) is 0. The molecule has 1 aromatic carbocycles. The number of nitro benzene ring substituents is 2. The van der Waals surface area contributed by atoms with Crippen molar-refractivity contribution in [3.63, 3.8) is 0 Å². The molecular weight excluding hydrogens is 394 g/mol. The molecule has 11 heteroatoms. The summed E-state index contributed by atoms with van der Waals surface area (Å²) in [6, 6.07) is 10.8. The fraction of sp³-hybridized carbons (Fsp3) is 0.0526. The van der Waals surface area contributed by atoms with Crippen LogP contribution in [0.15, 0.2) is 64.3 Å². The third kappa shape index (κ3) is 3.24. The number of ether oxygens (including phenoxy) is 1. The second-order valence-corrected chi connectivity index (χ2v) is 6.05. The van der Waals surface area contributed by atoms with Crippen molar-refractivity contribution in [2.75, 3.05) is 7.11 Å². The molecule has 150 valence electrons. The maximum Gasteiger partial charge on any atom is 0.318 e. The number of non-ortho nitro benzene ring substituents is 1. The van der Waals surface area contributed by atoms with Gasteiger partial charge in [0.25, 0.3) is 5.69 Å². The van der Waals surface area contributed by atoms with Crippen LogP contribution < -0.4 is 4.74 Å². The molecule has 3 heterocycles. The highest BCUT2D eigenvalue weighted by Crippen LogP contribution is 2.36. The number of rotatable bonds is 6. The van der Waals surface area contributed by atoms with E-state index in [0.29, 0.717) is 22.9 Å². The normalized spacial score (nSPS) is 11.2. The number of methoxy groups -OCH3 is 1. The quantitative estimate of drug-likeness (QED) is 0.265. The number of pyridine rings is 1. The summed E-state index contributed by atoms with van der Waals surface area (Å²) in [7, 11) is 1.24. The lowest BCUT2D eigenvalue weighted by Crippen LogP contribution is -2.00. The number of benzene rings is 1. The number of nitro groups is 2. The van der Waals surface area contributed by atoms with Crippen LogP contribution in [0.2, 0.25) is 0 Å². The van der Waals surface area contributed by atoms with E-state index in [1.807, 2.05) is 6.07 Å². The van der Waals surface area contributed by atoms with Gasteiger partial charge in [0, 0.05) is 24.0 Å². The van der Waals surface area contributed by atoms with Crippen LogP contribution in [0.4, 0.5) is 17.2 Å². The molecule has 0 spiro atoms. The molecule has 0 N–H and O–H groups in total. The molecule has 0 amide bonds. The van der Waals surface area contributed by atoms with E-state index in [0.717, 1.165) is 12.1 Å². The molecule has 0 bridgehead atoms. The molecule has 0 aliphatic rings. The highest BCUT2D eigenvalue weighted by Gasteiger charge is 2.24. The monoisotopic (exact) mass is 407 g/mol. The first-order valence-electron chi connectivity index (χ1n) is 8.55. The molecule has 4 rings (SSSR count). The van der Waals surface area contributed by atoms with E-state index >= 15 is 0 Å². The maximum absolute atomic E-state index is 11.4. The fourth-order valence-electron chi connectivity index (χ4n) is 2.99. The summed E-state index contributed by atoms with van der Waals surface area (Å²) in [5.41, 5.74) is 0.148. The van der Waals surface area contributed by atoms with Gasteiger partial charge in [-0.1, -0.05) is 6.07 Å². The Labute approximate surface area is 168 Å². The minimum Gasteiger partial charge on any atom is -0.490 e. The second kappa shape index (κ2) is 7.47. The second-order valence-electron chi connectivity index (χ2n) is 6.05. The Balaban J connectivity index is 1.91. The SMILES string of the molecule is COc1c(C=Nc2c(-c3ccco3)nc3ccccn23)cc([N+](=O)[O-])cc1[N+](=O)[O-]. The zero-order chi connectivity index (χ0) is 21.3. The lowest BCUT2D eigenvalue weighted by Gasteiger charge is -2.05. The number of fused-ring (bicyclic) bond motifs is 1. The maximum atomic E-state index is 11.4. The van der Waals surface area contributed by atoms with Crippen molar-refractivity contribution in [1.82, 2.24) is 9.38 Å². The molecular formula is C19H13N5O6. The zero-order valence-corrected chi connectivity index (χ0v) is 15.5. The molecule has 4 aromatic rings. The molecule has 0 saturated carbocycles. The average molecular weight is 407 g/mol. The van der Waals surface area contributed by atoms with Gasteiger partial charge in [0.2, 0.25) is 5.75 Å². The summed E-state index contributed by atoms with van der Waals surface area (Å²) in [5.74, 6) is 0.724.